The van der Waals surface area contributed by atoms with Crippen molar-refractivity contribution in [1.82, 2.24) is 4.98 Å². The number of pyridine rings is 1. The van der Waals surface area contributed by atoms with E-state index in [1.54, 1.807) is 51.5 Å². The second-order valence-corrected chi connectivity index (χ2v) is 17.7. The van der Waals surface area contributed by atoms with Gasteiger partial charge in [0, 0.05) is 37.0 Å². The van der Waals surface area contributed by atoms with Gasteiger partial charge < -0.3 is 5.11 Å². The number of aromatic nitrogens is 1. The fourth-order valence-electron chi connectivity index (χ4n) is 5.24. The predicted octanol–water partition coefficient (Wildman–Crippen LogP) is 3.24. The molecule has 0 unspecified atom stereocenters. The standard InChI is InChI=1S/C27H15BNSe2.C11H20O2.Ir/c1-2-8-18-16-29-22(15-17(18)7-1)19-9-5-11-21-27(19)31-25-14-6-13-24-26(25)28(21)20-10-3-4-12-23(20)30-24;1-10(2,3)8(12)7-9(13)11(4,5)6;/h1-8,10-16H;7,12H,1-6H3;/q-1;;/b;8-7-;/i;7D;. The Morgan fingerprint density at radius 3 is 2.20 bits per heavy atom. The van der Waals surface area contributed by atoms with E-state index in [4.69, 9.17) is 6.35 Å². The molecule has 7 heteroatoms. The SMILES string of the molecule is [2H]/C(C(=O)C(C)(C)C)=C(/O)C(C)(C)C.[Ir].[c-]1ccc2c(c1-c1cc3ccccc3cn1)[Se]c1cccc3c1B2c1ccccc1[Se]3. The summed E-state index contributed by atoms with van der Waals surface area (Å²) in [7, 11) is 0. The molecule has 0 aliphatic carbocycles. The van der Waals surface area contributed by atoms with E-state index in [0.717, 1.165) is 5.69 Å². The van der Waals surface area contributed by atoms with Crippen molar-refractivity contribution in [2.24, 2.45) is 10.8 Å². The van der Waals surface area contributed by atoms with Gasteiger partial charge in [-0.3, -0.25) is 4.79 Å². The van der Waals surface area contributed by atoms with E-state index in [-0.39, 0.29) is 52.7 Å². The van der Waals surface area contributed by atoms with Gasteiger partial charge in [0.25, 0.3) is 0 Å². The van der Waals surface area contributed by atoms with Crippen LogP contribution in [0.2, 0.25) is 0 Å². The first-order valence-electron chi connectivity index (χ1n) is 15.3. The molecule has 1 N–H and O–H groups in total. The number of rotatable bonds is 2. The van der Waals surface area contributed by atoms with Crippen LogP contribution in [0.4, 0.5) is 0 Å². The molecule has 2 aliphatic heterocycles. The summed E-state index contributed by atoms with van der Waals surface area (Å²) < 4.78 is 13.6. The average Bonchev–Trinajstić information content (AvgIpc) is 3.02. The van der Waals surface area contributed by atoms with Gasteiger partial charge >= 0.3 is 195 Å². The number of fused-ring (bicyclic) bond motifs is 5. The van der Waals surface area contributed by atoms with Gasteiger partial charge in [-0.15, -0.1) is 0 Å². The first-order chi connectivity index (χ1) is 21.3. The van der Waals surface area contributed by atoms with Gasteiger partial charge in [0.2, 0.25) is 0 Å². The van der Waals surface area contributed by atoms with Crippen LogP contribution < -0.4 is 34.2 Å². The van der Waals surface area contributed by atoms with Crippen LogP contribution >= 0.6 is 0 Å². The monoisotopic (exact) mass is 902 g/mol. The Labute approximate surface area is 294 Å². The zero-order valence-corrected chi connectivity index (χ0v) is 32.0. The minimum atomic E-state index is -0.615. The van der Waals surface area contributed by atoms with Gasteiger partial charge in [-0.05, 0) is 0 Å². The Morgan fingerprint density at radius 2 is 1.49 bits per heavy atom. The van der Waals surface area contributed by atoms with Gasteiger partial charge in [0.1, 0.15) is 5.76 Å². The molecule has 5 aromatic rings. The predicted molar refractivity (Wildman–Crippen MR) is 188 cm³/mol. The van der Waals surface area contributed by atoms with E-state index in [0.29, 0.717) is 21.7 Å². The summed E-state index contributed by atoms with van der Waals surface area (Å²) in [5, 5.41) is 12.1. The molecule has 2 aliphatic rings. The summed E-state index contributed by atoms with van der Waals surface area (Å²) in [6, 6.07) is 34.4. The molecule has 229 valence electrons. The molecule has 45 heavy (non-hydrogen) atoms. The van der Waals surface area contributed by atoms with Crippen molar-refractivity contribution in [2.75, 3.05) is 0 Å². The Morgan fingerprint density at radius 1 is 0.844 bits per heavy atom. The van der Waals surface area contributed by atoms with E-state index >= 15 is 0 Å². The maximum absolute atomic E-state index is 11.6. The molecular formula is C38H35BIrNO2Se2-. The fourth-order valence-corrected chi connectivity index (χ4v) is 10.7. The summed E-state index contributed by atoms with van der Waals surface area (Å²) in [6.45, 7) is 10.9. The second kappa shape index (κ2) is 13.2. The number of ketones is 1. The number of nitrogens with zero attached hydrogens (tertiary/aromatic N) is 1. The summed E-state index contributed by atoms with van der Waals surface area (Å²) >= 11 is 0.635. The van der Waals surface area contributed by atoms with Gasteiger partial charge in [-0.25, -0.2) is 0 Å². The molecule has 3 nitrogen and oxygen atoms in total. The molecule has 0 amide bonds. The quantitative estimate of drug-likeness (QED) is 0.126. The molecule has 0 fully saturated rings. The number of benzene rings is 4. The third-order valence-corrected chi connectivity index (χ3v) is 12.8. The van der Waals surface area contributed by atoms with Crippen molar-refractivity contribution < 1.29 is 31.4 Å². The van der Waals surface area contributed by atoms with Crippen LogP contribution in [0.3, 0.4) is 0 Å². The van der Waals surface area contributed by atoms with E-state index in [9.17, 15) is 9.90 Å². The molecular weight excluding hydrogens is 863 g/mol. The summed E-state index contributed by atoms with van der Waals surface area (Å²) in [5.41, 5.74) is 5.57. The molecule has 7 rings (SSSR count). The van der Waals surface area contributed by atoms with Crippen molar-refractivity contribution >= 4 is 87.4 Å². The zero-order valence-electron chi connectivity index (χ0n) is 27.2. The normalized spacial score (nSPS) is 14.0. The second-order valence-electron chi connectivity index (χ2n) is 13.2. The molecule has 0 spiro atoms. The van der Waals surface area contributed by atoms with Crippen LogP contribution in [0.5, 0.6) is 0 Å². The van der Waals surface area contributed by atoms with Crippen molar-refractivity contribution in [3.63, 3.8) is 0 Å². The van der Waals surface area contributed by atoms with E-state index in [1.165, 1.54) is 40.6 Å². The van der Waals surface area contributed by atoms with E-state index in [1.807, 2.05) is 6.20 Å². The van der Waals surface area contributed by atoms with Gasteiger partial charge in [0.05, 0.1) is 1.37 Å². The number of hydrogen-bond donors (Lipinski definition) is 1. The van der Waals surface area contributed by atoms with Crippen molar-refractivity contribution in [1.29, 1.82) is 0 Å². The Hall–Kier alpha value is -2.75. The first kappa shape index (κ1) is 32.2. The van der Waals surface area contributed by atoms with Gasteiger partial charge in [-0.1, -0.05) is 41.5 Å². The topological polar surface area (TPSA) is 50.2 Å². The number of carbonyl (C=O) groups excluding carboxylic acids is 1. The summed E-state index contributed by atoms with van der Waals surface area (Å²) in [6.07, 6.45) is 2.00. The average molecular weight is 900 g/mol. The van der Waals surface area contributed by atoms with Crippen LogP contribution in [-0.4, -0.2) is 52.5 Å². The molecule has 4 aromatic carbocycles. The number of carbonyl (C=O) groups is 1. The molecule has 0 bridgehead atoms. The fraction of sp³-hybridized carbons (Fsp3) is 0.211. The number of aliphatic hydroxyl groups excluding tert-OH is 1. The molecule has 0 saturated carbocycles. The van der Waals surface area contributed by atoms with Gasteiger partial charge in [-0.2, -0.15) is 0 Å². The van der Waals surface area contributed by atoms with Crippen molar-refractivity contribution in [3.8, 4) is 11.3 Å². The summed E-state index contributed by atoms with van der Waals surface area (Å²) in [4.78, 5) is 16.5. The number of allylic oxidation sites excluding steroid dienone is 2. The molecule has 3 heterocycles. The van der Waals surface area contributed by atoms with Crippen LogP contribution in [0.25, 0.3) is 22.0 Å². The Balaban J connectivity index is 0.000000239. The maximum atomic E-state index is 11.6. The zero-order chi connectivity index (χ0) is 32.1. The molecule has 0 saturated heterocycles. The van der Waals surface area contributed by atoms with Crippen molar-refractivity contribution in [3.05, 3.63) is 109 Å². The molecule has 1 aromatic heterocycles. The van der Waals surface area contributed by atoms with E-state index in [2.05, 4.69) is 91.0 Å². The third-order valence-electron chi connectivity index (χ3n) is 7.78. The Bertz CT molecular complexity index is 2000. The summed E-state index contributed by atoms with van der Waals surface area (Å²) in [5.74, 6) is -0.470. The van der Waals surface area contributed by atoms with Gasteiger partial charge in [0.15, 0.2) is 5.78 Å². The van der Waals surface area contributed by atoms with Crippen LogP contribution in [0, 0.1) is 16.9 Å². The number of hydrogen-bond acceptors (Lipinski definition) is 3. The van der Waals surface area contributed by atoms with Crippen LogP contribution in [-0.2, 0) is 24.9 Å². The first-order valence-corrected chi connectivity index (χ1v) is 18.2. The van der Waals surface area contributed by atoms with E-state index < -0.39 is 10.8 Å². The molecule has 1 radical (unpaired) electrons. The van der Waals surface area contributed by atoms with Crippen LogP contribution in [0.1, 0.15) is 42.9 Å². The molecule has 0 atom stereocenters. The Kier molecular flexibility index (Phi) is 9.42. The third kappa shape index (κ3) is 6.86. The number of aliphatic hydroxyl groups is 1. The van der Waals surface area contributed by atoms with Crippen molar-refractivity contribution in [2.45, 2.75) is 41.5 Å². The van der Waals surface area contributed by atoms with Crippen LogP contribution in [0.15, 0.2) is 103 Å². The minimum absolute atomic E-state index is 0.